The molecule has 4 rings (SSSR count). The molecule has 1 amide bonds. The van der Waals surface area contributed by atoms with Gasteiger partial charge in [-0.3, -0.25) is 4.79 Å². The van der Waals surface area contributed by atoms with Gasteiger partial charge in [-0.05, 0) is 25.1 Å². The van der Waals surface area contributed by atoms with Crippen molar-refractivity contribution in [2.24, 2.45) is 0 Å². The molecule has 0 unspecified atom stereocenters. The summed E-state index contributed by atoms with van der Waals surface area (Å²) >= 11 is 0. The van der Waals surface area contributed by atoms with Crippen molar-refractivity contribution >= 4 is 23.2 Å². The molecule has 0 aliphatic rings. The standard InChI is InChI=1S/C19H15N7O/c1-3-13-6-4-5-7-15(13)26-17(10-12(2)24-26)23-19(27)14-11-21-25-9-8-16(20)22-18(14)25/h1,4-11H,2H3,(H2,20,22)(H,23,27). The quantitative estimate of drug-likeness (QED) is 0.546. The van der Waals surface area contributed by atoms with Crippen LogP contribution in [0.15, 0.2) is 48.8 Å². The van der Waals surface area contributed by atoms with Gasteiger partial charge in [0.15, 0.2) is 5.65 Å². The van der Waals surface area contributed by atoms with Gasteiger partial charge in [-0.1, -0.05) is 18.1 Å². The van der Waals surface area contributed by atoms with Crippen molar-refractivity contribution in [3.63, 3.8) is 0 Å². The molecule has 0 aliphatic heterocycles. The van der Waals surface area contributed by atoms with Gasteiger partial charge in [0, 0.05) is 12.3 Å². The monoisotopic (exact) mass is 357 g/mol. The Hall–Kier alpha value is -4.12. The zero-order chi connectivity index (χ0) is 19.0. The molecule has 0 aliphatic carbocycles. The third-order valence-corrected chi connectivity index (χ3v) is 4.00. The maximum Gasteiger partial charge on any atom is 0.262 e. The number of anilines is 2. The van der Waals surface area contributed by atoms with E-state index in [2.05, 4.69) is 26.4 Å². The first-order chi connectivity index (χ1) is 13.1. The summed E-state index contributed by atoms with van der Waals surface area (Å²) in [5.74, 6) is 3.05. The van der Waals surface area contributed by atoms with Crippen molar-refractivity contribution in [1.29, 1.82) is 0 Å². The molecule has 0 atom stereocenters. The molecule has 8 nitrogen and oxygen atoms in total. The Balaban J connectivity index is 1.74. The molecular formula is C19H15N7O. The maximum atomic E-state index is 12.8. The highest BCUT2D eigenvalue weighted by molar-refractivity contribution is 6.08. The average Bonchev–Trinajstić information content (AvgIpc) is 3.24. The fourth-order valence-electron chi connectivity index (χ4n) is 2.78. The summed E-state index contributed by atoms with van der Waals surface area (Å²) in [6.07, 6.45) is 8.68. The van der Waals surface area contributed by atoms with Crippen molar-refractivity contribution in [2.75, 3.05) is 11.1 Å². The number of carbonyl (C=O) groups excluding carboxylic acids is 1. The summed E-state index contributed by atoms with van der Waals surface area (Å²) in [6.45, 7) is 1.84. The summed E-state index contributed by atoms with van der Waals surface area (Å²) in [5.41, 5.74) is 8.50. The first-order valence-corrected chi connectivity index (χ1v) is 8.10. The van der Waals surface area contributed by atoms with Crippen LogP contribution in [0, 0.1) is 19.3 Å². The SMILES string of the molecule is C#Cc1ccccc1-n1nc(C)cc1NC(=O)c1cnn2ccc(N)nc12. The van der Waals surface area contributed by atoms with Crippen LogP contribution in [0.1, 0.15) is 21.6 Å². The summed E-state index contributed by atoms with van der Waals surface area (Å²) < 4.78 is 3.09. The van der Waals surface area contributed by atoms with Crippen molar-refractivity contribution in [2.45, 2.75) is 6.92 Å². The van der Waals surface area contributed by atoms with E-state index < -0.39 is 0 Å². The molecule has 0 spiro atoms. The molecule has 1 aromatic carbocycles. The maximum absolute atomic E-state index is 12.8. The molecule has 3 N–H and O–H groups in total. The van der Waals surface area contributed by atoms with E-state index in [9.17, 15) is 4.79 Å². The van der Waals surface area contributed by atoms with Crippen molar-refractivity contribution in [1.82, 2.24) is 24.4 Å². The minimum Gasteiger partial charge on any atom is -0.384 e. The number of rotatable bonds is 3. The molecule has 0 saturated carbocycles. The van der Waals surface area contributed by atoms with Crippen LogP contribution in [-0.2, 0) is 0 Å². The molecule has 4 aromatic rings. The Kier molecular flexibility index (Phi) is 3.82. The van der Waals surface area contributed by atoms with Crippen LogP contribution in [0.25, 0.3) is 11.3 Å². The molecule has 0 radical (unpaired) electrons. The first-order valence-electron chi connectivity index (χ1n) is 8.10. The van der Waals surface area contributed by atoms with Gasteiger partial charge in [0.2, 0.25) is 0 Å². The molecule has 0 bridgehead atoms. The first kappa shape index (κ1) is 16.4. The molecule has 0 fully saturated rings. The van der Waals surface area contributed by atoms with E-state index in [1.54, 1.807) is 23.0 Å². The topological polar surface area (TPSA) is 103 Å². The number of hydrogen-bond acceptors (Lipinski definition) is 5. The third-order valence-electron chi connectivity index (χ3n) is 4.00. The van der Waals surface area contributed by atoms with Gasteiger partial charge in [0.25, 0.3) is 5.91 Å². The van der Waals surface area contributed by atoms with Crippen LogP contribution in [-0.4, -0.2) is 30.3 Å². The molecule has 132 valence electrons. The van der Waals surface area contributed by atoms with Gasteiger partial charge in [-0.2, -0.15) is 10.2 Å². The number of nitrogens with two attached hydrogens (primary N) is 1. The number of hydrogen-bond donors (Lipinski definition) is 2. The largest absolute Gasteiger partial charge is 0.384 e. The van der Waals surface area contributed by atoms with Gasteiger partial charge in [0.1, 0.15) is 17.2 Å². The van der Waals surface area contributed by atoms with Crippen LogP contribution >= 0.6 is 0 Å². The number of para-hydroxylation sites is 1. The molecule has 3 heterocycles. The van der Waals surface area contributed by atoms with Gasteiger partial charge in [-0.15, -0.1) is 6.42 Å². The lowest BCUT2D eigenvalue weighted by Crippen LogP contribution is -2.16. The van der Waals surface area contributed by atoms with Crippen LogP contribution in [0.4, 0.5) is 11.6 Å². The molecule has 3 aromatic heterocycles. The van der Waals surface area contributed by atoms with Crippen molar-refractivity contribution in [3.05, 3.63) is 65.6 Å². The van der Waals surface area contributed by atoms with Crippen LogP contribution < -0.4 is 11.1 Å². The summed E-state index contributed by atoms with van der Waals surface area (Å²) in [6, 6.07) is 10.7. The highest BCUT2D eigenvalue weighted by atomic mass is 16.1. The fraction of sp³-hybridized carbons (Fsp3) is 0.0526. The van der Waals surface area contributed by atoms with E-state index in [0.29, 0.717) is 34.1 Å². The van der Waals surface area contributed by atoms with Crippen LogP contribution in [0.3, 0.4) is 0 Å². The number of aryl methyl sites for hydroxylation is 1. The predicted molar refractivity (Wildman–Crippen MR) is 102 cm³/mol. The van der Waals surface area contributed by atoms with Crippen LogP contribution in [0.2, 0.25) is 0 Å². The Morgan fingerprint density at radius 2 is 2.11 bits per heavy atom. The number of amides is 1. The number of aromatic nitrogens is 5. The highest BCUT2D eigenvalue weighted by Crippen LogP contribution is 2.21. The minimum absolute atomic E-state index is 0.304. The minimum atomic E-state index is -0.373. The summed E-state index contributed by atoms with van der Waals surface area (Å²) in [5, 5.41) is 11.4. The Morgan fingerprint density at radius 1 is 1.30 bits per heavy atom. The molecule has 0 saturated heterocycles. The average molecular weight is 357 g/mol. The predicted octanol–water partition coefficient (Wildman–Crippen LogP) is 2.04. The molecule has 27 heavy (non-hydrogen) atoms. The van der Waals surface area contributed by atoms with E-state index in [4.69, 9.17) is 12.2 Å². The normalized spacial score (nSPS) is 10.7. The highest BCUT2D eigenvalue weighted by Gasteiger charge is 2.18. The molecular weight excluding hydrogens is 342 g/mol. The van der Waals surface area contributed by atoms with E-state index >= 15 is 0 Å². The number of benzene rings is 1. The zero-order valence-electron chi connectivity index (χ0n) is 14.4. The number of carbonyl (C=O) groups is 1. The van der Waals surface area contributed by atoms with Gasteiger partial charge in [-0.25, -0.2) is 14.2 Å². The number of nitrogens with zero attached hydrogens (tertiary/aromatic N) is 5. The Bertz CT molecular complexity index is 1210. The molecule has 8 heteroatoms. The van der Waals surface area contributed by atoms with Gasteiger partial charge < -0.3 is 11.1 Å². The van der Waals surface area contributed by atoms with E-state index in [-0.39, 0.29) is 5.91 Å². The second kappa shape index (κ2) is 6.31. The number of nitrogen functional groups attached to an aromatic ring is 1. The van der Waals surface area contributed by atoms with Crippen LogP contribution in [0.5, 0.6) is 0 Å². The number of nitrogens with one attached hydrogen (secondary N) is 1. The fourth-order valence-corrected chi connectivity index (χ4v) is 2.78. The van der Waals surface area contributed by atoms with Crippen molar-refractivity contribution in [3.8, 4) is 18.0 Å². The Morgan fingerprint density at radius 3 is 2.93 bits per heavy atom. The Labute approximate surface area is 154 Å². The van der Waals surface area contributed by atoms with E-state index in [0.717, 1.165) is 5.69 Å². The second-order valence-electron chi connectivity index (χ2n) is 5.88. The number of fused-ring (bicyclic) bond motifs is 1. The van der Waals surface area contributed by atoms with Gasteiger partial charge in [0.05, 0.1) is 23.1 Å². The van der Waals surface area contributed by atoms with E-state index in [1.165, 1.54) is 10.7 Å². The summed E-state index contributed by atoms with van der Waals surface area (Å²) in [7, 11) is 0. The lowest BCUT2D eigenvalue weighted by Gasteiger charge is -2.10. The lowest BCUT2D eigenvalue weighted by molar-refractivity contribution is 0.102. The summed E-state index contributed by atoms with van der Waals surface area (Å²) in [4.78, 5) is 17.0. The van der Waals surface area contributed by atoms with Crippen molar-refractivity contribution < 1.29 is 4.79 Å². The third kappa shape index (κ3) is 2.87. The van der Waals surface area contributed by atoms with Gasteiger partial charge >= 0.3 is 0 Å². The lowest BCUT2D eigenvalue weighted by atomic mass is 10.2. The number of terminal acetylenes is 1. The van der Waals surface area contributed by atoms with E-state index in [1.807, 2.05) is 31.2 Å². The second-order valence-corrected chi connectivity index (χ2v) is 5.88. The zero-order valence-corrected chi connectivity index (χ0v) is 14.4. The smallest absolute Gasteiger partial charge is 0.262 e.